The van der Waals surface area contributed by atoms with Crippen LogP contribution in [-0.4, -0.2) is 40.3 Å². The first-order valence-electron chi connectivity index (χ1n) is 8.02. The Morgan fingerprint density at radius 2 is 1.84 bits per heavy atom. The van der Waals surface area contributed by atoms with Crippen LogP contribution in [0.5, 0.6) is 5.75 Å². The number of rotatable bonds is 4. The first kappa shape index (κ1) is 16.8. The number of phenolic OH excluding ortho intramolecular Hbond substituents is 1. The largest absolute Gasteiger partial charge is 0.508 e. The van der Waals surface area contributed by atoms with Gasteiger partial charge >= 0.3 is 12.1 Å². The molecule has 2 aromatic carbocycles. The molecule has 0 aromatic heterocycles. The fourth-order valence-electron chi connectivity index (χ4n) is 3.11. The predicted octanol–water partition coefficient (Wildman–Crippen LogP) is 2.83. The van der Waals surface area contributed by atoms with Crippen molar-refractivity contribution in [3.05, 3.63) is 65.7 Å². The van der Waals surface area contributed by atoms with E-state index in [0.717, 1.165) is 5.56 Å². The maximum absolute atomic E-state index is 12.3. The van der Waals surface area contributed by atoms with Gasteiger partial charge in [-0.25, -0.2) is 4.79 Å². The van der Waals surface area contributed by atoms with Crippen molar-refractivity contribution in [2.24, 2.45) is 5.92 Å². The molecule has 2 aromatic rings. The van der Waals surface area contributed by atoms with Gasteiger partial charge in [0.25, 0.3) is 0 Å². The third-order valence-corrected chi connectivity index (χ3v) is 4.40. The molecular formula is C19H19NO5. The maximum Gasteiger partial charge on any atom is 0.410 e. The molecule has 2 N–H and O–H groups in total. The van der Waals surface area contributed by atoms with Crippen molar-refractivity contribution in [1.82, 2.24) is 4.90 Å². The van der Waals surface area contributed by atoms with Crippen LogP contribution < -0.4 is 0 Å². The summed E-state index contributed by atoms with van der Waals surface area (Å²) in [6, 6.07) is 15.8. The summed E-state index contributed by atoms with van der Waals surface area (Å²) in [6.07, 6.45) is -0.530. The molecule has 0 radical (unpaired) electrons. The fraction of sp³-hybridized carbons (Fsp3) is 0.263. The smallest absolute Gasteiger partial charge is 0.410 e. The van der Waals surface area contributed by atoms with Gasteiger partial charge in [0, 0.05) is 19.0 Å². The molecular weight excluding hydrogens is 322 g/mol. The zero-order valence-corrected chi connectivity index (χ0v) is 13.5. The average Bonchev–Trinajstić information content (AvgIpc) is 3.06. The normalized spacial score (nSPS) is 19.6. The summed E-state index contributed by atoms with van der Waals surface area (Å²) in [4.78, 5) is 25.3. The van der Waals surface area contributed by atoms with Crippen molar-refractivity contribution in [2.75, 3.05) is 13.1 Å². The van der Waals surface area contributed by atoms with Crippen molar-refractivity contribution < 1.29 is 24.5 Å². The number of aromatic hydroxyl groups is 1. The number of aliphatic carboxylic acids is 1. The number of carboxylic acids is 1. The van der Waals surface area contributed by atoms with Crippen molar-refractivity contribution in [3.63, 3.8) is 0 Å². The van der Waals surface area contributed by atoms with Crippen LogP contribution in [0.1, 0.15) is 17.0 Å². The Bertz CT molecular complexity index is 761. The van der Waals surface area contributed by atoms with Crippen molar-refractivity contribution >= 4 is 12.1 Å². The van der Waals surface area contributed by atoms with E-state index >= 15 is 0 Å². The molecule has 6 heteroatoms. The number of nitrogens with zero attached hydrogens (tertiary/aromatic N) is 1. The molecule has 0 saturated carbocycles. The first-order valence-corrected chi connectivity index (χ1v) is 8.02. The zero-order chi connectivity index (χ0) is 17.8. The lowest BCUT2D eigenvalue weighted by Crippen LogP contribution is -2.30. The van der Waals surface area contributed by atoms with E-state index in [1.165, 1.54) is 11.0 Å². The SMILES string of the molecule is O=C(O)C1CN(C(=O)OCc2ccccc2)CC1c1cccc(O)c1. The van der Waals surface area contributed by atoms with Gasteiger partial charge in [-0.1, -0.05) is 42.5 Å². The van der Waals surface area contributed by atoms with E-state index in [9.17, 15) is 19.8 Å². The van der Waals surface area contributed by atoms with Gasteiger partial charge in [0.15, 0.2) is 0 Å². The fourth-order valence-corrected chi connectivity index (χ4v) is 3.11. The number of phenols is 1. The van der Waals surface area contributed by atoms with Crippen LogP contribution in [0.3, 0.4) is 0 Å². The van der Waals surface area contributed by atoms with Crippen molar-refractivity contribution in [3.8, 4) is 5.75 Å². The molecule has 0 spiro atoms. The lowest BCUT2D eigenvalue weighted by Gasteiger charge is -2.16. The van der Waals surface area contributed by atoms with E-state index in [1.807, 2.05) is 30.3 Å². The Morgan fingerprint density at radius 1 is 1.08 bits per heavy atom. The standard InChI is InChI=1S/C19H19NO5/c21-15-8-4-7-14(9-15)16-10-20(11-17(16)18(22)23)19(24)25-12-13-5-2-1-3-6-13/h1-9,16-17,21H,10-12H2,(H,22,23). The molecule has 6 nitrogen and oxygen atoms in total. The van der Waals surface area contributed by atoms with Gasteiger partial charge in [-0.2, -0.15) is 0 Å². The predicted molar refractivity (Wildman–Crippen MR) is 90.2 cm³/mol. The highest BCUT2D eigenvalue weighted by Gasteiger charge is 2.41. The monoisotopic (exact) mass is 341 g/mol. The van der Waals surface area contributed by atoms with E-state index < -0.39 is 18.0 Å². The first-order chi connectivity index (χ1) is 12.0. The Morgan fingerprint density at radius 3 is 2.52 bits per heavy atom. The molecule has 0 bridgehead atoms. The van der Waals surface area contributed by atoms with Gasteiger partial charge in [-0.3, -0.25) is 4.79 Å². The van der Waals surface area contributed by atoms with E-state index in [1.54, 1.807) is 18.2 Å². The van der Waals surface area contributed by atoms with E-state index in [2.05, 4.69) is 0 Å². The summed E-state index contributed by atoms with van der Waals surface area (Å²) in [5.74, 6) is -2.00. The number of likely N-dealkylation sites (tertiary alicyclic amines) is 1. The number of carboxylic acid groups (broad SMARTS) is 1. The van der Waals surface area contributed by atoms with Gasteiger partial charge in [-0.05, 0) is 23.3 Å². The lowest BCUT2D eigenvalue weighted by molar-refractivity contribution is -0.141. The van der Waals surface area contributed by atoms with Crippen LogP contribution >= 0.6 is 0 Å². The summed E-state index contributed by atoms with van der Waals surface area (Å²) >= 11 is 0. The number of carbonyl (C=O) groups is 2. The molecule has 2 atom stereocenters. The molecule has 2 unspecified atom stereocenters. The highest BCUT2D eigenvalue weighted by molar-refractivity contribution is 5.75. The van der Waals surface area contributed by atoms with Crippen molar-refractivity contribution in [1.29, 1.82) is 0 Å². The maximum atomic E-state index is 12.3. The zero-order valence-electron chi connectivity index (χ0n) is 13.5. The molecule has 1 heterocycles. The molecule has 1 aliphatic heterocycles. The van der Waals surface area contributed by atoms with E-state index in [0.29, 0.717) is 5.56 Å². The lowest BCUT2D eigenvalue weighted by atomic mass is 9.89. The van der Waals surface area contributed by atoms with Gasteiger partial charge in [0.2, 0.25) is 0 Å². The quantitative estimate of drug-likeness (QED) is 0.893. The Balaban J connectivity index is 1.69. The number of ether oxygens (including phenoxy) is 1. The summed E-state index contributed by atoms with van der Waals surface area (Å²) in [7, 11) is 0. The molecule has 1 fully saturated rings. The van der Waals surface area contributed by atoms with Gasteiger partial charge < -0.3 is 19.8 Å². The van der Waals surface area contributed by atoms with Crippen LogP contribution in [0.4, 0.5) is 4.79 Å². The highest BCUT2D eigenvalue weighted by Crippen LogP contribution is 2.34. The summed E-state index contributed by atoms with van der Waals surface area (Å²) in [6.45, 7) is 0.474. The van der Waals surface area contributed by atoms with Crippen LogP contribution in [0.2, 0.25) is 0 Å². The van der Waals surface area contributed by atoms with Crippen LogP contribution in [0, 0.1) is 5.92 Å². The van der Waals surface area contributed by atoms with Gasteiger partial charge in [0.1, 0.15) is 12.4 Å². The second kappa shape index (κ2) is 7.25. The molecule has 3 rings (SSSR count). The minimum absolute atomic E-state index is 0.0757. The molecule has 1 amide bonds. The Kier molecular flexibility index (Phi) is 4.88. The van der Waals surface area contributed by atoms with Crippen LogP contribution in [0.25, 0.3) is 0 Å². The number of hydrogen-bond donors (Lipinski definition) is 2. The summed E-state index contributed by atoms with van der Waals surface area (Å²) < 4.78 is 5.29. The molecule has 130 valence electrons. The van der Waals surface area contributed by atoms with E-state index in [4.69, 9.17) is 4.74 Å². The Hall–Kier alpha value is -3.02. The number of carbonyl (C=O) groups excluding carboxylic acids is 1. The highest BCUT2D eigenvalue weighted by atomic mass is 16.6. The minimum atomic E-state index is -0.966. The average molecular weight is 341 g/mol. The van der Waals surface area contributed by atoms with Crippen LogP contribution in [0.15, 0.2) is 54.6 Å². The topological polar surface area (TPSA) is 87.1 Å². The summed E-state index contributed by atoms with van der Waals surface area (Å²) in [5.41, 5.74) is 1.57. The van der Waals surface area contributed by atoms with Crippen LogP contribution in [-0.2, 0) is 16.1 Å². The molecule has 0 aliphatic carbocycles. The Labute approximate surface area is 145 Å². The summed E-state index contributed by atoms with van der Waals surface area (Å²) in [5, 5.41) is 19.1. The van der Waals surface area contributed by atoms with E-state index in [-0.39, 0.29) is 31.4 Å². The third kappa shape index (κ3) is 3.91. The number of benzene rings is 2. The van der Waals surface area contributed by atoms with Crippen molar-refractivity contribution in [2.45, 2.75) is 12.5 Å². The molecule has 1 saturated heterocycles. The molecule has 25 heavy (non-hydrogen) atoms. The van der Waals surface area contributed by atoms with Gasteiger partial charge in [-0.15, -0.1) is 0 Å². The van der Waals surface area contributed by atoms with Gasteiger partial charge in [0.05, 0.1) is 5.92 Å². The third-order valence-electron chi connectivity index (χ3n) is 4.40. The second-order valence-corrected chi connectivity index (χ2v) is 6.09. The number of hydrogen-bond acceptors (Lipinski definition) is 4. The minimum Gasteiger partial charge on any atom is -0.508 e. The number of amides is 1. The molecule has 1 aliphatic rings. The second-order valence-electron chi connectivity index (χ2n) is 6.09.